The SMILES string of the molecule is CCCCCCOC(=O)c1ccsc1C(=O)OCCCCCC. The minimum atomic E-state index is -0.430. The van der Waals surface area contributed by atoms with Gasteiger partial charge in [-0.15, -0.1) is 11.3 Å². The van der Waals surface area contributed by atoms with Gasteiger partial charge in [-0.25, -0.2) is 9.59 Å². The average Bonchev–Trinajstić information content (AvgIpc) is 3.04. The molecule has 0 spiro atoms. The van der Waals surface area contributed by atoms with Gasteiger partial charge in [-0.05, 0) is 24.3 Å². The lowest BCUT2D eigenvalue weighted by atomic mass is 10.2. The van der Waals surface area contributed by atoms with Crippen molar-refractivity contribution >= 4 is 23.3 Å². The first-order chi connectivity index (χ1) is 11.2. The van der Waals surface area contributed by atoms with Crippen LogP contribution in [0, 0.1) is 0 Å². The monoisotopic (exact) mass is 340 g/mol. The van der Waals surface area contributed by atoms with Crippen molar-refractivity contribution in [2.24, 2.45) is 0 Å². The van der Waals surface area contributed by atoms with Crippen LogP contribution in [0.3, 0.4) is 0 Å². The number of thiophene rings is 1. The van der Waals surface area contributed by atoms with Crippen molar-refractivity contribution in [3.05, 3.63) is 21.9 Å². The summed E-state index contributed by atoms with van der Waals surface area (Å²) >= 11 is 1.23. The number of carbonyl (C=O) groups is 2. The van der Waals surface area contributed by atoms with Gasteiger partial charge in [0, 0.05) is 0 Å². The Kier molecular flexibility index (Phi) is 10.4. The first kappa shape index (κ1) is 19.7. The minimum Gasteiger partial charge on any atom is -0.462 e. The second kappa shape index (κ2) is 12.1. The lowest BCUT2D eigenvalue weighted by Crippen LogP contribution is -2.12. The Labute approximate surface area is 143 Å². The quantitative estimate of drug-likeness (QED) is 0.386. The van der Waals surface area contributed by atoms with Crippen molar-refractivity contribution in [1.29, 1.82) is 0 Å². The lowest BCUT2D eigenvalue weighted by Gasteiger charge is -2.06. The molecule has 0 aliphatic heterocycles. The second-order valence-corrected chi connectivity index (χ2v) is 6.47. The summed E-state index contributed by atoms with van der Waals surface area (Å²) in [6.07, 6.45) is 8.42. The van der Waals surface area contributed by atoms with Gasteiger partial charge in [-0.2, -0.15) is 0 Å². The molecule has 1 aromatic rings. The fraction of sp³-hybridized carbons (Fsp3) is 0.667. The zero-order valence-corrected chi connectivity index (χ0v) is 15.1. The summed E-state index contributed by atoms with van der Waals surface area (Å²) in [5.41, 5.74) is 0.323. The van der Waals surface area contributed by atoms with E-state index in [1.807, 2.05) is 0 Å². The molecule has 0 aromatic carbocycles. The van der Waals surface area contributed by atoms with Crippen molar-refractivity contribution in [3.8, 4) is 0 Å². The highest BCUT2D eigenvalue weighted by atomic mass is 32.1. The van der Waals surface area contributed by atoms with E-state index in [4.69, 9.17) is 9.47 Å². The molecule has 23 heavy (non-hydrogen) atoms. The molecular weight excluding hydrogens is 312 g/mol. The van der Waals surface area contributed by atoms with Gasteiger partial charge in [0.2, 0.25) is 0 Å². The van der Waals surface area contributed by atoms with Crippen LogP contribution in [-0.2, 0) is 9.47 Å². The molecule has 0 radical (unpaired) electrons. The van der Waals surface area contributed by atoms with Gasteiger partial charge in [-0.3, -0.25) is 0 Å². The maximum absolute atomic E-state index is 12.1. The van der Waals surface area contributed by atoms with Gasteiger partial charge in [0.1, 0.15) is 4.88 Å². The molecule has 1 rings (SSSR count). The summed E-state index contributed by atoms with van der Waals surface area (Å²) in [5.74, 6) is -0.852. The highest BCUT2D eigenvalue weighted by Gasteiger charge is 2.21. The summed E-state index contributed by atoms with van der Waals surface area (Å²) in [6, 6.07) is 1.63. The van der Waals surface area contributed by atoms with Gasteiger partial charge >= 0.3 is 11.9 Å². The van der Waals surface area contributed by atoms with Gasteiger partial charge in [-0.1, -0.05) is 52.4 Å². The number of ether oxygens (including phenoxy) is 2. The topological polar surface area (TPSA) is 52.6 Å². The van der Waals surface area contributed by atoms with Gasteiger partial charge in [0.15, 0.2) is 0 Å². The standard InChI is InChI=1S/C18H28O4S/c1-3-5-7-9-12-21-17(19)15-11-14-23-16(15)18(20)22-13-10-8-6-4-2/h11,14H,3-10,12-13H2,1-2H3. The second-order valence-electron chi connectivity index (χ2n) is 5.56. The Bertz CT molecular complexity index is 427. The molecule has 0 aliphatic carbocycles. The van der Waals surface area contributed by atoms with E-state index in [2.05, 4.69) is 13.8 Å². The zero-order valence-electron chi connectivity index (χ0n) is 14.3. The van der Waals surface area contributed by atoms with Crippen LogP contribution < -0.4 is 0 Å². The van der Waals surface area contributed by atoms with Crippen molar-refractivity contribution in [3.63, 3.8) is 0 Å². The van der Waals surface area contributed by atoms with Gasteiger partial charge < -0.3 is 9.47 Å². The summed E-state index contributed by atoms with van der Waals surface area (Å²) in [5, 5.41) is 1.72. The zero-order chi connectivity index (χ0) is 16.9. The molecule has 5 heteroatoms. The molecule has 0 aliphatic rings. The first-order valence-corrected chi connectivity index (χ1v) is 9.50. The van der Waals surface area contributed by atoms with Crippen LogP contribution in [0.25, 0.3) is 0 Å². The van der Waals surface area contributed by atoms with Crippen LogP contribution in [-0.4, -0.2) is 25.2 Å². The Morgan fingerprint density at radius 1 is 0.870 bits per heavy atom. The maximum atomic E-state index is 12.1. The number of unbranched alkanes of at least 4 members (excludes halogenated alkanes) is 6. The van der Waals surface area contributed by atoms with E-state index in [0.29, 0.717) is 23.7 Å². The molecular formula is C18H28O4S. The molecule has 1 heterocycles. The van der Waals surface area contributed by atoms with E-state index >= 15 is 0 Å². The van der Waals surface area contributed by atoms with Crippen LogP contribution in [0.15, 0.2) is 11.4 Å². The van der Waals surface area contributed by atoms with Crippen LogP contribution in [0.2, 0.25) is 0 Å². The molecule has 1 aromatic heterocycles. The summed E-state index contributed by atoms with van der Waals surface area (Å²) in [6.45, 7) is 5.08. The number of hydrogen-bond acceptors (Lipinski definition) is 5. The van der Waals surface area contributed by atoms with E-state index in [-0.39, 0.29) is 0 Å². The fourth-order valence-corrected chi connectivity index (χ4v) is 2.93. The van der Waals surface area contributed by atoms with Gasteiger partial charge in [0.05, 0.1) is 18.8 Å². The predicted molar refractivity (Wildman–Crippen MR) is 93.2 cm³/mol. The van der Waals surface area contributed by atoms with Crippen LogP contribution in [0.5, 0.6) is 0 Å². The molecule has 0 saturated carbocycles. The fourth-order valence-electron chi connectivity index (χ4n) is 2.16. The van der Waals surface area contributed by atoms with E-state index in [0.717, 1.165) is 51.4 Å². The third-order valence-corrected chi connectivity index (χ3v) is 4.43. The molecule has 0 bridgehead atoms. The predicted octanol–water partition coefficient (Wildman–Crippen LogP) is 5.22. The van der Waals surface area contributed by atoms with Crippen molar-refractivity contribution < 1.29 is 19.1 Å². The molecule has 4 nitrogen and oxygen atoms in total. The molecule has 0 unspecified atom stereocenters. The van der Waals surface area contributed by atoms with Crippen molar-refractivity contribution in [2.45, 2.75) is 65.2 Å². The molecule has 0 amide bonds. The largest absolute Gasteiger partial charge is 0.462 e. The Morgan fingerprint density at radius 2 is 1.43 bits per heavy atom. The third kappa shape index (κ3) is 7.64. The number of rotatable bonds is 12. The average molecular weight is 340 g/mol. The normalized spacial score (nSPS) is 10.5. The molecule has 0 N–H and O–H groups in total. The number of carbonyl (C=O) groups excluding carboxylic acids is 2. The van der Waals surface area contributed by atoms with Gasteiger partial charge in [0.25, 0.3) is 0 Å². The van der Waals surface area contributed by atoms with Crippen molar-refractivity contribution in [2.75, 3.05) is 13.2 Å². The van der Waals surface area contributed by atoms with E-state index in [1.165, 1.54) is 11.3 Å². The van der Waals surface area contributed by atoms with Crippen LogP contribution in [0.1, 0.15) is 85.2 Å². The Balaban J connectivity index is 2.38. The molecule has 0 fully saturated rings. The summed E-state index contributed by atoms with van der Waals surface area (Å²) in [4.78, 5) is 24.5. The third-order valence-electron chi connectivity index (χ3n) is 3.53. The van der Waals surface area contributed by atoms with E-state index in [9.17, 15) is 9.59 Å². The molecule has 130 valence electrons. The van der Waals surface area contributed by atoms with E-state index in [1.54, 1.807) is 11.4 Å². The molecule has 0 saturated heterocycles. The summed E-state index contributed by atoms with van der Waals surface area (Å²) < 4.78 is 10.5. The van der Waals surface area contributed by atoms with E-state index < -0.39 is 11.9 Å². The Morgan fingerprint density at radius 3 is 2.00 bits per heavy atom. The highest BCUT2D eigenvalue weighted by molar-refractivity contribution is 7.12. The van der Waals surface area contributed by atoms with Crippen LogP contribution >= 0.6 is 11.3 Å². The van der Waals surface area contributed by atoms with Crippen molar-refractivity contribution in [1.82, 2.24) is 0 Å². The number of esters is 2. The smallest absolute Gasteiger partial charge is 0.349 e. The maximum Gasteiger partial charge on any atom is 0.349 e. The molecule has 0 atom stereocenters. The van der Waals surface area contributed by atoms with Crippen LogP contribution in [0.4, 0.5) is 0 Å². The Hall–Kier alpha value is -1.36. The highest BCUT2D eigenvalue weighted by Crippen LogP contribution is 2.19. The number of hydrogen-bond donors (Lipinski definition) is 0. The first-order valence-electron chi connectivity index (χ1n) is 8.62. The lowest BCUT2D eigenvalue weighted by molar-refractivity contribution is 0.0455. The minimum absolute atomic E-state index is 0.323. The summed E-state index contributed by atoms with van der Waals surface area (Å²) in [7, 11) is 0.